The summed E-state index contributed by atoms with van der Waals surface area (Å²) in [4.78, 5) is 1.72. The van der Waals surface area contributed by atoms with Crippen molar-refractivity contribution in [3.8, 4) is 0 Å². The van der Waals surface area contributed by atoms with E-state index in [1.807, 2.05) is 0 Å². The van der Waals surface area contributed by atoms with Crippen LogP contribution in [0.5, 0.6) is 0 Å². The second-order valence-corrected chi connectivity index (χ2v) is 3.17. The minimum Gasteiger partial charge on any atom is -0.395 e. The van der Waals surface area contributed by atoms with Crippen LogP contribution >= 0.6 is 0 Å². The lowest BCUT2D eigenvalue weighted by Gasteiger charge is -2.15. The largest absolute Gasteiger partial charge is 0.395 e. The molecule has 0 aromatic heterocycles. The molecule has 78 valence electrons. The second kappa shape index (κ2) is 5.02. The maximum absolute atomic E-state index is 13.1. The third-order valence-corrected chi connectivity index (χ3v) is 1.95. The number of benzene rings is 1. The third-order valence-electron chi connectivity index (χ3n) is 1.95. The van der Waals surface area contributed by atoms with Crippen LogP contribution in [-0.4, -0.2) is 30.2 Å². The Morgan fingerprint density at radius 3 is 2.71 bits per heavy atom. The lowest BCUT2D eigenvalue weighted by Crippen LogP contribution is -2.22. The molecule has 2 nitrogen and oxygen atoms in total. The van der Waals surface area contributed by atoms with E-state index >= 15 is 0 Å². The molecule has 0 unspecified atom stereocenters. The third kappa shape index (κ3) is 2.75. The molecule has 0 saturated carbocycles. The summed E-state index contributed by atoms with van der Waals surface area (Å²) in [5, 5.41) is 8.63. The normalized spacial score (nSPS) is 10.9. The Bertz CT molecular complexity index is 304. The average molecular weight is 201 g/mol. The lowest BCUT2D eigenvalue weighted by molar-refractivity contribution is 0.215. The van der Waals surface area contributed by atoms with Gasteiger partial charge in [-0.3, -0.25) is 4.90 Å². The van der Waals surface area contributed by atoms with E-state index in [9.17, 15) is 8.78 Å². The first-order valence-corrected chi connectivity index (χ1v) is 4.37. The van der Waals surface area contributed by atoms with Crippen LogP contribution in [0.1, 0.15) is 5.56 Å². The standard InChI is InChI=1S/C10H13F2NO/c1-13(5-6-14)7-8-3-2-4-9(11)10(8)12/h2-4,14H,5-7H2,1H3. The fourth-order valence-corrected chi connectivity index (χ4v) is 1.21. The van der Waals surface area contributed by atoms with Crippen molar-refractivity contribution in [3.63, 3.8) is 0 Å². The van der Waals surface area contributed by atoms with Gasteiger partial charge in [0, 0.05) is 18.7 Å². The van der Waals surface area contributed by atoms with Crippen LogP contribution in [0.2, 0.25) is 0 Å². The number of nitrogens with zero attached hydrogens (tertiary/aromatic N) is 1. The molecule has 0 fully saturated rings. The molecule has 0 spiro atoms. The van der Waals surface area contributed by atoms with E-state index in [4.69, 9.17) is 5.11 Å². The molecule has 4 heteroatoms. The molecular formula is C10H13F2NO. The maximum atomic E-state index is 13.1. The topological polar surface area (TPSA) is 23.5 Å². The summed E-state index contributed by atoms with van der Waals surface area (Å²) in [5.74, 6) is -1.64. The van der Waals surface area contributed by atoms with Crippen molar-refractivity contribution in [2.75, 3.05) is 20.2 Å². The van der Waals surface area contributed by atoms with Crippen molar-refractivity contribution in [2.24, 2.45) is 0 Å². The van der Waals surface area contributed by atoms with Gasteiger partial charge in [0.1, 0.15) is 0 Å². The zero-order valence-electron chi connectivity index (χ0n) is 8.00. The van der Waals surface area contributed by atoms with E-state index in [0.29, 0.717) is 18.7 Å². The van der Waals surface area contributed by atoms with Crippen molar-refractivity contribution < 1.29 is 13.9 Å². The number of hydrogen-bond donors (Lipinski definition) is 1. The van der Waals surface area contributed by atoms with Crippen molar-refractivity contribution >= 4 is 0 Å². The van der Waals surface area contributed by atoms with Gasteiger partial charge in [-0.2, -0.15) is 0 Å². The van der Waals surface area contributed by atoms with Crippen LogP contribution in [0.3, 0.4) is 0 Å². The molecule has 14 heavy (non-hydrogen) atoms. The smallest absolute Gasteiger partial charge is 0.163 e. The molecular weight excluding hydrogens is 188 g/mol. The Labute approximate surface area is 81.8 Å². The Hall–Kier alpha value is -1.00. The zero-order chi connectivity index (χ0) is 10.6. The van der Waals surface area contributed by atoms with E-state index in [1.165, 1.54) is 12.1 Å². The Morgan fingerprint density at radius 1 is 1.36 bits per heavy atom. The summed E-state index contributed by atoms with van der Waals surface area (Å²) in [6.45, 7) is 0.744. The highest BCUT2D eigenvalue weighted by Crippen LogP contribution is 2.12. The molecule has 0 amide bonds. The quantitative estimate of drug-likeness (QED) is 0.795. The van der Waals surface area contributed by atoms with Crippen molar-refractivity contribution in [1.29, 1.82) is 0 Å². The number of hydrogen-bond acceptors (Lipinski definition) is 2. The Balaban J connectivity index is 2.71. The van der Waals surface area contributed by atoms with Gasteiger partial charge in [-0.25, -0.2) is 8.78 Å². The molecule has 0 saturated heterocycles. The molecule has 0 radical (unpaired) electrons. The van der Waals surface area contributed by atoms with Gasteiger partial charge in [0.2, 0.25) is 0 Å². The van der Waals surface area contributed by atoms with Gasteiger partial charge >= 0.3 is 0 Å². The molecule has 0 aliphatic heterocycles. The number of aliphatic hydroxyl groups is 1. The van der Waals surface area contributed by atoms with Crippen LogP contribution < -0.4 is 0 Å². The van der Waals surface area contributed by atoms with Crippen molar-refractivity contribution in [1.82, 2.24) is 4.90 Å². The highest BCUT2D eigenvalue weighted by atomic mass is 19.2. The molecule has 0 heterocycles. The van der Waals surface area contributed by atoms with E-state index < -0.39 is 11.6 Å². The van der Waals surface area contributed by atoms with Gasteiger partial charge in [-0.05, 0) is 13.1 Å². The number of rotatable bonds is 4. The van der Waals surface area contributed by atoms with Gasteiger partial charge in [0.05, 0.1) is 6.61 Å². The minimum absolute atomic E-state index is 0.00738. The first-order chi connectivity index (χ1) is 6.65. The van der Waals surface area contributed by atoms with E-state index in [2.05, 4.69) is 0 Å². The van der Waals surface area contributed by atoms with Gasteiger partial charge in [-0.15, -0.1) is 0 Å². The molecule has 1 N–H and O–H groups in total. The fraction of sp³-hybridized carbons (Fsp3) is 0.400. The van der Waals surface area contributed by atoms with Crippen LogP contribution in [0, 0.1) is 11.6 Å². The summed E-state index contributed by atoms with van der Waals surface area (Å²) in [6, 6.07) is 4.09. The van der Waals surface area contributed by atoms with E-state index in [0.717, 1.165) is 6.07 Å². The van der Waals surface area contributed by atoms with Crippen LogP contribution in [0.15, 0.2) is 18.2 Å². The SMILES string of the molecule is CN(CCO)Cc1cccc(F)c1F. The van der Waals surface area contributed by atoms with E-state index in [1.54, 1.807) is 11.9 Å². The summed E-state index contributed by atoms with van der Waals surface area (Å²) in [7, 11) is 1.74. The Morgan fingerprint density at radius 2 is 2.07 bits per heavy atom. The second-order valence-electron chi connectivity index (χ2n) is 3.17. The number of halogens is 2. The average Bonchev–Trinajstić information content (AvgIpc) is 2.13. The summed E-state index contributed by atoms with van der Waals surface area (Å²) >= 11 is 0. The minimum atomic E-state index is -0.833. The zero-order valence-corrected chi connectivity index (χ0v) is 8.00. The van der Waals surface area contributed by atoms with Gasteiger partial charge in [0.25, 0.3) is 0 Å². The van der Waals surface area contributed by atoms with Crippen molar-refractivity contribution in [3.05, 3.63) is 35.4 Å². The van der Waals surface area contributed by atoms with Crippen molar-refractivity contribution in [2.45, 2.75) is 6.54 Å². The van der Waals surface area contributed by atoms with Crippen LogP contribution in [0.25, 0.3) is 0 Å². The molecule has 0 bridgehead atoms. The monoisotopic (exact) mass is 201 g/mol. The number of likely N-dealkylation sites (N-methyl/N-ethyl adjacent to an activating group) is 1. The van der Waals surface area contributed by atoms with E-state index in [-0.39, 0.29) is 6.61 Å². The molecule has 0 aliphatic carbocycles. The number of aliphatic hydroxyl groups excluding tert-OH is 1. The summed E-state index contributed by atoms with van der Waals surface area (Å²) < 4.78 is 25.9. The van der Waals surface area contributed by atoms with Crippen LogP contribution in [0.4, 0.5) is 8.78 Å². The lowest BCUT2D eigenvalue weighted by atomic mass is 10.2. The van der Waals surface area contributed by atoms with Gasteiger partial charge in [0.15, 0.2) is 11.6 Å². The fourth-order valence-electron chi connectivity index (χ4n) is 1.21. The maximum Gasteiger partial charge on any atom is 0.163 e. The molecule has 1 rings (SSSR count). The summed E-state index contributed by atoms with van der Waals surface area (Å²) in [5.41, 5.74) is 0.306. The Kier molecular flexibility index (Phi) is 3.98. The highest BCUT2D eigenvalue weighted by molar-refractivity contribution is 5.18. The van der Waals surface area contributed by atoms with Crippen LogP contribution in [-0.2, 0) is 6.54 Å². The van der Waals surface area contributed by atoms with Gasteiger partial charge < -0.3 is 5.11 Å². The summed E-state index contributed by atoms with van der Waals surface area (Å²) in [6.07, 6.45) is 0. The predicted octanol–water partition coefficient (Wildman–Crippen LogP) is 1.39. The highest BCUT2D eigenvalue weighted by Gasteiger charge is 2.08. The first kappa shape index (κ1) is 11.1. The predicted molar refractivity (Wildman–Crippen MR) is 49.8 cm³/mol. The first-order valence-electron chi connectivity index (χ1n) is 4.37. The molecule has 0 atom stereocenters. The molecule has 0 aliphatic rings. The van der Waals surface area contributed by atoms with Gasteiger partial charge in [-0.1, -0.05) is 12.1 Å². The molecule has 1 aromatic rings. The molecule has 1 aromatic carbocycles.